The lowest BCUT2D eigenvalue weighted by molar-refractivity contribution is 0.728. The first-order valence-corrected chi connectivity index (χ1v) is 5.55. The number of fused-ring (bicyclic) bond motifs is 1. The predicted octanol–water partition coefficient (Wildman–Crippen LogP) is 1.09. The van der Waals surface area contributed by atoms with Crippen LogP contribution in [0.1, 0.15) is 18.5 Å². The number of nitrogens with one attached hydrogen (secondary N) is 1. The summed E-state index contributed by atoms with van der Waals surface area (Å²) < 4.78 is 1.39. The first-order chi connectivity index (χ1) is 8.83. The van der Waals surface area contributed by atoms with Crippen molar-refractivity contribution in [3.8, 4) is 0 Å². The molecule has 1 unspecified atom stereocenters. The second-order valence-corrected chi connectivity index (χ2v) is 3.90. The summed E-state index contributed by atoms with van der Waals surface area (Å²) in [4.78, 5) is 4.09. The van der Waals surface area contributed by atoms with Crippen molar-refractivity contribution in [2.45, 2.75) is 13.0 Å². The SMILES string of the molecule is CC(Nc1ccc2nnnn2n1)c1cccnc1. The molecule has 3 heterocycles. The van der Waals surface area contributed by atoms with Crippen molar-refractivity contribution in [3.05, 3.63) is 42.2 Å². The lowest BCUT2D eigenvalue weighted by atomic mass is 10.1. The van der Waals surface area contributed by atoms with Crippen LogP contribution in [0.3, 0.4) is 0 Å². The minimum atomic E-state index is 0.111. The van der Waals surface area contributed by atoms with E-state index in [0.717, 1.165) is 5.56 Å². The average molecular weight is 241 g/mol. The van der Waals surface area contributed by atoms with Crippen LogP contribution >= 0.6 is 0 Å². The van der Waals surface area contributed by atoms with Crippen molar-refractivity contribution in [2.75, 3.05) is 5.32 Å². The fraction of sp³-hybridized carbons (Fsp3) is 0.182. The number of rotatable bonds is 3. The van der Waals surface area contributed by atoms with E-state index in [0.29, 0.717) is 11.5 Å². The molecule has 18 heavy (non-hydrogen) atoms. The van der Waals surface area contributed by atoms with Gasteiger partial charge in [-0.3, -0.25) is 4.98 Å². The Hall–Kier alpha value is -2.57. The fourth-order valence-electron chi connectivity index (χ4n) is 1.66. The zero-order chi connectivity index (χ0) is 12.4. The van der Waals surface area contributed by atoms with E-state index >= 15 is 0 Å². The Morgan fingerprint density at radius 1 is 1.28 bits per heavy atom. The molecule has 90 valence electrons. The molecule has 1 atom stereocenters. The van der Waals surface area contributed by atoms with Gasteiger partial charge in [-0.1, -0.05) is 6.07 Å². The van der Waals surface area contributed by atoms with E-state index in [9.17, 15) is 0 Å². The monoisotopic (exact) mass is 241 g/mol. The van der Waals surface area contributed by atoms with E-state index in [1.165, 1.54) is 4.63 Å². The number of hydrogen-bond donors (Lipinski definition) is 1. The van der Waals surface area contributed by atoms with Crippen LogP contribution in [-0.2, 0) is 0 Å². The summed E-state index contributed by atoms with van der Waals surface area (Å²) in [5.41, 5.74) is 1.71. The third-order valence-corrected chi connectivity index (χ3v) is 2.62. The van der Waals surface area contributed by atoms with Gasteiger partial charge in [-0.15, -0.1) is 14.8 Å². The summed E-state index contributed by atoms with van der Waals surface area (Å²) in [5.74, 6) is 0.714. The van der Waals surface area contributed by atoms with Crippen LogP contribution in [0.2, 0.25) is 0 Å². The Bertz CT molecular complexity index is 649. The first kappa shape index (κ1) is 10.6. The molecule has 0 radical (unpaired) electrons. The summed E-state index contributed by atoms with van der Waals surface area (Å²) in [6.07, 6.45) is 3.58. The predicted molar refractivity (Wildman–Crippen MR) is 64.9 cm³/mol. The van der Waals surface area contributed by atoms with Gasteiger partial charge in [0.15, 0.2) is 5.65 Å². The van der Waals surface area contributed by atoms with Crippen LogP contribution in [-0.4, -0.2) is 30.2 Å². The van der Waals surface area contributed by atoms with Gasteiger partial charge >= 0.3 is 0 Å². The molecular weight excluding hydrogens is 230 g/mol. The average Bonchev–Trinajstić information content (AvgIpc) is 2.87. The van der Waals surface area contributed by atoms with E-state index in [1.54, 1.807) is 6.20 Å². The summed E-state index contributed by atoms with van der Waals surface area (Å²) in [6.45, 7) is 2.04. The molecule has 0 aliphatic heterocycles. The van der Waals surface area contributed by atoms with Gasteiger partial charge in [0.25, 0.3) is 0 Å². The number of anilines is 1. The molecule has 7 heteroatoms. The topological polar surface area (TPSA) is 80.9 Å². The van der Waals surface area contributed by atoms with Crippen LogP contribution in [0.15, 0.2) is 36.7 Å². The van der Waals surface area contributed by atoms with Crippen molar-refractivity contribution >= 4 is 11.5 Å². The highest BCUT2D eigenvalue weighted by molar-refractivity contribution is 5.43. The smallest absolute Gasteiger partial charge is 0.200 e. The van der Waals surface area contributed by atoms with Crippen LogP contribution < -0.4 is 5.32 Å². The number of pyridine rings is 1. The lowest BCUT2D eigenvalue weighted by Crippen LogP contribution is -2.09. The molecule has 3 rings (SSSR count). The Kier molecular flexibility index (Phi) is 2.56. The molecule has 0 fully saturated rings. The van der Waals surface area contributed by atoms with Crippen LogP contribution in [0, 0.1) is 0 Å². The largest absolute Gasteiger partial charge is 0.362 e. The van der Waals surface area contributed by atoms with Crippen molar-refractivity contribution in [3.63, 3.8) is 0 Å². The van der Waals surface area contributed by atoms with E-state index in [2.05, 4.69) is 30.9 Å². The van der Waals surface area contributed by atoms with E-state index in [-0.39, 0.29) is 6.04 Å². The van der Waals surface area contributed by atoms with Gasteiger partial charge < -0.3 is 5.32 Å². The molecule has 0 aliphatic carbocycles. The molecule has 0 spiro atoms. The lowest BCUT2D eigenvalue weighted by Gasteiger charge is -2.13. The van der Waals surface area contributed by atoms with Gasteiger partial charge in [0, 0.05) is 12.4 Å². The standard InChI is InChI=1S/C11H11N7/c1-8(9-3-2-6-12-7-9)13-10-4-5-11-14-16-17-18(11)15-10/h2-8H,1H3,(H,13,15). The molecule has 0 saturated carbocycles. The maximum atomic E-state index is 4.25. The molecule has 3 aromatic heterocycles. The highest BCUT2D eigenvalue weighted by Crippen LogP contribution is 2.16. The van der Waals surface area contributed by atoms with Crippen LogP contribution in [0.5, 0.6) is 0 Å². The summed E-state index contributed by atoms with van der Waals surface area (Å²) in [7, 11) is 0. The molecule has 3 aromatic rings. The summed E-state index contributed by atoms with van der Waals surface area (Å²) in [6, 6.07) is 7.69. The maximum absolute atomic E-state index is 4.25. The normalized spacial score (nSPS) is 12.5. The fourth-order valence-corrected chi connectivity index (χ4v) is 1.66. The third kappa shape index (κ3) is 1.97. The molecule has 0 aliphatic rings. The number of tetrazole rings is 1. The minimum Gasteiger partial charge on any atom is -0.362 e. The maximum Gasteiger partial charge on any atom is 0.200 e. The van der Waals surface area contributed by atoms with Crippen molar-refractivity contribution < 1.29 is 0 Å². The van der Waals surface area contributed by atoms with Gasteiger partial charge in [-0.25, -0.2) is 0 Å². The van der Waals surface area contributed by atoms with Crippen LogP contribution in [0.4, 0.5) is 5.82 Å². The number of hydrogen-bond acceptors (Lipinski definition) is 6. The molecule has 7 nitrogen and oxygen atoms in total. The Labute approximate surface area is 103 Å². The van der Waals surface area contributed by atoms with Crippen LogP contribution in [0.25, 0.3) is 5.65 Å². The van der Waals surface area contributed by atoms with E-state index in [4.69, 9.17) is 0 Å². The quantitative estimate of drug-likeness (QED) is 0.739. The number of nitrogens with zero attached hydrogens (tertiary/aromatic N) is 6. The van der Waals surface area contributed by atoms with Gasteiger partial charge in [-0.05, 0) is 41.1 Å². The van der Waals surface area contributed by atoms with E-state index in [1.807, 2.05) is 37.4 Å². The highest BCUT2D eigenvalue weighted by atomic mass is 15.6. The van der Waals surface area contributed by atoms with Gasteiger partial charge in [0.2, 0.25) is 0 Å². The van der Waals surface area contributed by atoms with Gasteiger partial charge in [0.05, 0.1) is 6.04 Å². The van der Waals surface area contributed by atoms with E-state index < -0.39 is 0 Å². The second-order valence-electron chi connectivity index (χ2n) is 3.90. The summed E-state index contributed by atoms with van der Waals surface area (Å²) >= 11 is 0. The first-order valence-electron chi connectivity index (χ1n) is 5.55. The third-order valence-electron chi connectivity index (χ3n) is 2.62. The Morgan fingerprint density at radius 3 is 3.06 bits per heavy atom. The summed E-state index contributed by atoms with van der Waals surface area (Å²) in [5, 5.41) is 18.6. The van der Waals surface area contributed by atoms with Gasteiger partial charge in [0.1, 0.15) is 5.82 Å². The molecule has 1 N–H and O–H groups in total. The minimum absolute atomic E-state index is 0.111. The van der Waals surface area contributed by atoms with Gasteiger partial charge in [-0.2, -0.15) is 0 Å². The molecular formula is C11H11N7. The van der Waals surface area contributed by atoms with Crippen molar-refractivity contribution in [1.29, 1.82) is 0 Å². The molecule has 0 aromatic carbocycles. The zero-order valence-corrected chi connectivity index (χ0v) is 9.72. The molecule has 0 saturated heterocycles. The highest BCUT2D eigenvalue weighted by Gasteiger charge is 2.07. The Balaban J connectivity index is 1.83. The molecule has 0 amide bonds. The zero-order valence-electron chi connectivity index (χ0n) is 9.72. The Morgan fingerprint density at radius 2 is 2.22 bits per heavy atom. The van der Waals surface area contributed by atoms with Crippen molar-refractivity contribution in [1.82, 2.24) is 30.2 Å². The number of aromatic nitrogens is 6. The van der Waals surface area contributed by atoms with Crippen molar-refractivity contribution in [2.24, 2.45) is 0 Å². The second kappa shape index (κ2) is 4.36. The molecule has 0 bridgehead atoms.